The van der Waals surface area contributed by atoms with Gasteiger partial charge in [0, 0.05) is 6.08 Å². The van der Waals surface area contributed by atoms with E-state index in [1.807, 2.05) is 0 Å². The van der Waals surface area contributed by atoms with E-state index in [-0.39, 0.29) is 0 Å². The second-order valence-electron chi connectivity index (χ2n) is 2.21. The summed E-state index contributed by atoms with van der Waals surface area (Å²) in [7, 11) is 0. The van der Waals surface area contributed by atoms with Gasteiger partial charge in [0.25, 0.3) is 0 Å². The Kier molecular flexibility index (Phi) is 3.99. The van der Waals surface area contributed by atoms with E-state index in [1.54, 1.807) is 0 Å². The van der Waals surface area contributed by atoms with Crippen LogP contribution in [0.3, 0.4) is 0 Å². The first-order valence-corrected chi connectivity index (χ1v) is 3.30. The number of carboxylic acid groups (broad SMARTS) is 1. The minimum Gasteiger partial charge on any atom is -0.480 e. The molecule has 5 heteroatoms. The highest BCUT2D eigenvalue weighted by atomic mass is 16.5. The maximum atomic E-state index is 10.6. The lowest BCUT2D eigenvalue weighted by Crippen LogP contribution is -2.42. The van der Waals surface area contributed by atoms with Crippen LogP contribution in [0.25, 0.3) is 0 Å². The Hall–Kier alpha value is -1.36. The summed E-state index contributed by atoms with van der Waals surface area (Å²) in [4.78, 5) is 20.8. The van der Waals surface area contributed by atoms with E-state index in [1.165, 1.54) is 6.92 Å². The molecule has 0 saturated carbocycles. The van der Waals surface area contributed by atoms with Crippen LogP contribution >= 0.6 is 0 Å². The Morgan fingerprint density at radius 3 is 2.50 bits per heavy atom. The van der Waals surface area contributed by atoms with E-state index in [9.17, 15) is 9.59 Å². The number of hydrogen-bond donors (Lipinski definition) is 2. The van der Waals surface area contributed by atoms with Crippen LogP contribution in [0.1, 0.15) is 6.92 Å². The van der Waals surface area contributed by atoms with Crippen molar-refractivity contribution in [2.24, 2.45) is 5.73 Å². The fourth-order valence-electron chi connectivity index (χ4n) is 0.505. The standard InChI is InChI=1S/C7H11NO4/c1-3-5(9)12-4(2)6(8)7(10)11/h3-4,6H,1,8H2,2H3,(H,10,11). The first-order valence-electron chi connectivity index (χ1n) is 3.30. The van der Waals surface area contributed by atoms with Crippen LogP contribution in [0.2, 0.25) is 0 Å². The summed E-state index contributed by atoms with van der Waals surface area (Å²) in [6.45, 7) is 4.56. The first-order chi connectivity index (χ1) is 5.49. The average Bonchev–Trinajstić information content (AvgIpc) is 2.02. The lowest BCUT2D eigenvalue weighted by atomic mass is 10.2. The molecule has 0 spiro atoms. The van der Waals surface area contributed by atoms with Gasteiger partial charge in [-0.05, 0) is 6.92 Å². The van der Waals surface area contributed by atoms with Gasteiger partial charge in [0.1, 0.15) is 12.1 Å². The smallest absolute Gasteiger partial charge is 0.330 e. The van der Waals surface area contributed by atoms with Gasteiger partial charge in [0.2, 0.25) is 0 Å². The molecule has 0 aromatic heterocycles. The largest absolute Gasteiger partial charge is 0.480 e. The predicted molar refractivity (Wildman–Crippen MR) is 41.4 cm³/mol. The summed E-state index contributed by atoms with van der Waals surface area (Å²) in [5.41, 5.74) is 5.15. The molecular formula is C7H11NO4. The Morgan fingerprint density at radius 1 is 1.67 bits per heavy atom. The third-order valence-electron chi connectivity index (χ3n) is 1.26. The number of carbonyl (C=O) groups is 2. The zero-order chi connectivity index (χ0) is 9.72. The van der Waals surface area contributed by atoms with Crippen molar-refractivity contribution in [3.05, 3.63) is 12.7 Å². The Morgan fingerprint density at radius 2 is 2.17 bits per heavy atom. The molecule has 0 amide bonds. The van der Waals surface area contributed by atoms with Gasteiger partial charge in [-0.1, -0.05) is 6.58 Å². The molecule has 5 nitrogen and oxygen atoms in total. The van der Waals surface area contributed by atoms with E-state index >= 15 is 0 Å². The SMILES string of the molecule is C=CC(=O)OC(C)C(N)C(=O)O. The minimum atomic E-state index is -1.21. The summed E-state index contributed by atoms with van der Waals surface area (Å²) in [6.07, 6.45) is 0.0958. The van der Waals surface area contributed by atoms with Gasteiger partial charge in [-0.15, -0.1) is 0 Å². The van der Waals surface area contributed by atoms with Gasteiger partial charge in [-0.2, -0.15) is 0 Å². The summed E-state index contributed by atoms with van der Waals surface area (Å²) >= 11 is 0. The molecule has 3 N–H and O–H groups in total. The Balaban J connectivity index is 4.03. The number of hydrogen-bond acceptors (Lipinski definition) is 4. The highest BCUT2D eigenvalue weighted by molar-refractivity contribution is 5.82. The summed E-state index contributed by atoms with van der Waals surface area (Å²) in [5, 5.41) is 8.40. The molecule has 0 bridgehead atoms. The highest BCUT2D eigenvalue weighted by Crippen LogP contribution is 1.97. The van der Waals surface area contributed by atoms with Crippen LogP contribution in [0.4, 0.5) is 0 Å². The molecule has 12 heavy (non-hydrogen) atoms. The fourth-order valence-corrected chi connectivity index (χ4v) is 0.505. The molecule has 0 saturated heterocycles. The number of carbonyl (C=O) groups excluding carboxylic acids is 1. The quantitative estimate of drug-likeness (QED) is 0.442. The molecule has 0 aliphatic carbocycles. The third kappa shape index (κ3) is 3.16. The van der Waals surface area contributed by atoms with Gasteiger partial charge >= 0.3 is 11.9 Å². The van der Waals surface area contributed by atoms with E-state index in [0.717, 1.165) is 6.08 Å². The number of nitrogens with two attached hydrogens (primary N) is 1. The number of rotatable bonds is 4. The second kappa shape index (κ2) is 4.50. The lowest BCUT2D eigenvalue weighted by Gasteiger charge is -2.15. The normalized spacial score (nSPS) is 14.5. The van der Waals surface area contributed by atoms with Crippen LogP contribution in [0.15, 0.2) is 12.7 Å². The van der Waals surface area contributed by atoms with Crippen molar-refractivity contribution in [3.63, 3.8) is 0 Å². The molecule has 68 valence electrons. The third-order valence-corrected chi connectivity index (χ3v) is 1.26. The van der Waals surface area contributed by atoms with Crippen LogP contribution in [-0.4, -0.2) is 29.2 Å². The molecule has 0 aliphatic rings. The molecular weight excluding hydrogens is 162 g/mol. The maximum Gasteiger partial charge on any atom is 0.330 e. The Bertz CT molecular complexity index is 202. The van der Waals surface area contributed by atoms with E-state index < -0.39 is 24.1 Å². The zero-order valence-electron chi connectivity index (χ0n) is 6.69. The van der Waals surface area contributed by atoms with Crippen molar-refractivity contribution in [2.45, 2.75) is 19.1 Å². The van der Waals surface area contributed by atoms with Crippen LogP contribution in [-0.2, 0) is 14.3 Å². The molecule has 0 fully saturated rings. The summed E-state index contributed by atoms with van der Waals surface area (Å²) < 4.78 is 4.56. The van der Waals surface area contributed by atoms with E-state index in [2.05, 4.69) is 11.3 Å². The van der Waals surface area contributed by atoms with Gasteiger partial charge < -0.3 is 15.6 Å². The molecule has 0 radical (unpaired) electrons. The molecule has 0 aliphatic heterocycles. The lowest BCUT2D eigenvalue weighted by molar-refractivity contribution is -0.149. The van der Waals surface area contributed by atoms with Crippen molar-refractivity contribution in [1.29, 1.82) is 0 Å². The van der Waals surface area contributed by atoms with E-state index in [4.69, 9.17) is 10.8 Å². The van der Waals surface area contributed by atoms with Gasteiger partial charge in [-0.3, -0.25) is 4.79 Å². The van der Waals surface area contributed by atoms with E-state index in [0.29, 0.717) is 0 Å². The number of esters is 1. The number of aliphatic carboxylic acids is 1. The van der Waals surface area contributed by atoms with Crippen molar-refractivity contribution in [2.75, 3.05) is 0 Å². The monoisotopic (exact) mass is 173 g/mol. The zero-order valence-corrected chi connectivity index (χ0v) is 6.69. The van der Waals surface area contributed by atoms with Crippen molar-refractivity contribution < 1.29 is 19.4 Å². The van der Waals surface area contributed by atoms with Crippen LogP contribution in [0.5, 0.6) is 0 Å². The molecule has 2 unspecified atom stereocenters. The highest BCUT2D eigenvalue weighted by Gasteiger charge is 2.22. The molecule has 2 atom stereocenters. The Labute approximate surface area is 69.8 Å². The topological polar surface area (TPSA) is 89.6 Å². The first kappa shape index (κ1) is 10.6. The number of carboxylic acids is 1. The van der Waals surface area contributed by atoms with Gasteiger partial charge in [0.15, 0.2) is 0 Å². The minimum absolute atomic E-state index is 0.681. The summed E-state index contributed by atoms with van der Waals surface area (Å²) in [5.74, 6) is -1.89. The average molecular weight is 173 g/mol. The molecule has 0 aromatic carbocycles. The van der Waals surface area contributed by atoms with Crippen molar-refractivity contribution >= 4 is 11.9 Å². The van der Waals surface area contributed by atoms with Crippen LogP contribution < -0.4 is 5.73 Å². The van der Waals surface area contributed by atoms with Crippen molar-refractivity contribution in [1.82, 2.24) is 0 Å². The van der Waals surface area contributed by atoms with Gasteiger partial charge in [-0.25, -0.2) is 4.79 Å². The van der Waals surface area contributed by atoms with Crippen LogP contribution in [0, 0.1) is 0 Å². The summed E-state index contributed by atoms with van der Waals surface area (Å²) in [6, 6.07) is -1.20. The van der Waals surface area contributed by atoms with Gasteiger partial charge in [0.05, 0.1) is 0 Å². The number of ether oxygens (including phenoxy) is 1. The predicted octanol–water partition coefficient (Wildman–Crippen LogP) is -0.484. The molecule has 0 heterocycles. The fraction of sp³-hybridized carbons (Fsp3) is 0.429. The maximum absolute atomic E-state index is 10.6. The molecule has 0 rings (SSSR count). The second-order valence-corrected chi connectivity index (χ2v) is 2.21. The molecule has 0 aromatic rings. The van der Waals surface area contributed by atoms with Crippen molar-refractivity contribution in [3.8, 4) is 0 Å².